The first kappa shape index (κ1) is 19.3. The van der Waals surface area contributed by atoms with Gasteiger partial charge in [-0.2, -0.15) is 5.01 Å². The highest BCUT2D eigenvalue weighted by atomic mass is 19.2. The second-order valence-electron chi connectivity index (χ2n) is 7.75. The van der Waals surface area contributed by atoms with Gasteiger partial charge in [0.15, 0.2) is 11.6 Å². The predicted octanol–water partition coefficient (Wildman–Crippen LogP) is 2.58. The fourth-order valence-corrected chi connectivity index (χ4v) is 4.39. The van der Waals surface area contributed by atoms with E-state index < -0.39 is 35.3 Å². The molecular weight excluding hydrogens is 408 g/mol. The molecule has 0 unspecified atom stereocenters. The molecule has 2 aromatic rings. The van der Waals surface area contributed by atoms with Crippen LogP contribution in [0.1, 0.15) is 51.1 Å². The smallest absolute Gasteiger partial charge is 0.273 e. The van der Waals surface area contributed by atoms with Crippen LogP contribution in [0.15, 0.2) is 30.3 Å². The zero-order valence-electron chi connectivity index (χ0n) is 16.4. The quantitative estimate of drug-likeness (QED) is 0.693. The summed E-state index contributed by atoms with van der Waals surface area (Å²) in [5.41, 5.74) is 1.61. The summed E-state index contributed by atoms with van der Waals surface area (Å²) >= 11 is 0. The average Bonchev–Trinajstić information content (AvgIpc) is 3.32. The number of carbonyl (C=O) groups is 4. The Balaban J connectivity index is 1.43. The van der Waals surface area contributed by atoms with Crippen molar-refractivity contribution in [2.45, 2.75) is 32.2 Å². The van der Waals surface area contributed by atoms with E-state index in [1.54, 1.807) is 6.07 Å². The van der Waals surface area contributed by atoms with Crippen molar-refractivity contribution in [2.75, 3.05) is 11.4 Å². The van der Waals surface area contributed by atoms with E-state index in [1.807, 2.05) is 0 Å². The van der Waals surface area contributed by atoms with E-state index >= 15 is 0 Å². The van der Waals surface area contributed by atoms with Crippen molar-refractivity contribution in [3.63, 3.8) is 0 Å². The minimum Gasteiger partial charge on any atom is -0.308 e. The van der Waals surface area contributed by atoms with Crippen molar-refractivity contribution >= 4 is 29.3 Å². The summed E-state index contributed by atoms with van der Waals surface area (Å²) in [6, 6.07) is 6.90. The fourth-order valence-electron chi connectivity index (χ4n) is 4.39. The number of rotatable bonds is 2. The van der Waals surface area contributed by atoms with Crippen LogP contribution in [0.5, 0.6) is 0 Å². The normalized spacial score (nSPS) is 18.0. The third-order valence-corrected chi connectivity index (χ3v) is 5.93. The van der Waals surface area contributed by atoms with Crippen molar-refractivity contribution in [3.05, 3.63) is 64.2 Å². The van der Waals surface area contributed by atoms with Crippen molar-refractivity contribution < 1.29 is 28.0 Å². The molecule has 0 atom stereocenters. The maximum Gasteiger partial charge on any atom is 0.273 e. The number of amides is 4. The fraction of sp³-hybridized carbons (Fsp3) is 0.273. The van der Waals surface area contributed by atoms with E-state index in [1.165, 1.54) is 23.1 Å². The van der Waals surface area contributed by atoms with Gasteiger partial charge in [0.1, 0.15) is 0 Å². The summed E-state index contributed by atoms with van der Waals surface area (Å²) in [4.78, 5) is 51.6. The molecule has 0 N–H and O–H groups in total. The lowest BCUT2D eigenvalue weighted by Gasteiger charge is -2.32. The standard InChI is InChI=1S/C22H17F2N3O4/c23-16-6-7-17-15(20(16)24)8-9-25(17)21(30)12-4-5-14-13(10-12)11-26(22(14)31)27-18(28)2-1-3-19(27)29/h4-7,10H,1-3,8-9,11H2. The van der Waals surface area contributed by atoms with Crippen LogP contribution in [0.4, 0.5) is 14.5 Å². The summed E-state index contributed by atoms with van der Waals surface area (Å²) < 4.78 is 27.5. The molecule has 31 heavy (non-hydrogen) atoms. The molecule has 0 aromatic heterocycles. The number of nitrogens with zero attached hydrogens (tertiary/aromatic N) is 3. The molecule has 4 amide bonds. The van der Waals surface area contributed by atoms with Crippen LogP contribution in [0.3, 0.4) is 0 Å². The molecule has 1 fully saturated rings. The van der Waals surface area contributed by atoms with Gasteiger partial charge < -0.3 is 4.90 Å². The second kappa shape index (κ2) is 6.97. The Hall–Kier alpha value is -3.62. The minimum atomic E-state index is -0.953. The first-order valence-electron chi connectivity index (χ1n) is 9.96. The highest BCUT2D eigenvalue weighted by Crippen LogP contribution is 2.33. The summed E-state index contributed by atoms with van der Waals surface area (Å²) in [5.74, 6) is -3.61. The Bertz CT molecular complexity index is 1160. The summed E-state index contributed by atoms with van der Waals surface area (Å²) in [6.45, 7) is 0.219. The zero-order valence-corrected chi connectivity index (χ0v) is 16.4. The monoisotopic (exact) mass is 425 g/mol. The number of hydrogen-bond acceptors (Lipinski definition) is 4. The maximum atomic E-state index is 14.0. The van der Waals surface area contributed by atoms with Gasteiger partial charge in [0.25, 0.3) is 11.8 Å². The van der Waals surface area contributed by atoms with Gasteiger partial charge in [-0.25, -0.2) is 13.8 Å². The number of benzene rings is 2. The van der Waals surface area contributed by atoms with Gasteiger partial charge in [0.05, 0.1) is 12.2 Å². The summed E-state index contributed by atoms with van der Waals surface area (Å²) in [6.07, 6.45) is 1.06. The second-order valence-corrected chi connectivity index (χ2v) is 7.75. The Morgan fingerprint density at radius 3 is 2.42 bits per heavy atom. The molecule has 7 nitrogen and oxygen atoms in total. The lowest BCUT2D eigenvalue weighted by Crippen LogP contribution is -2.51. The van der Waals surface area contributed by atoms with E-state index in [4.69, 9.17) is 0 Å². The highest BCUT2D eigenvalue weighted by molar-refractivity contribution is 6.09. The van der Waals surface area contributed by atoms with E-state index in [-0.39, 0.29) is 43.5 Å². The van der Waals surface area contributed by atoms with Crippen LogP contribution in [0, 0.1) is 11.6 Å². The number of piperidine rings is 1. The first-order valence-corrected chi connectivity index (χ1v) is 9.96. The SMILES string of the molecule is O=C(c1ccc2c(c1)CN(N1C(=O)CCCC1=O)C2=O)N1CCc2c1ccc(F)c2F. The molecule has 9 heteroatoms. The average molecular weight is 425 g/mol. The van der Waals surface area contributed by atoms with Crippen LogP contribution in [0.25, 0.3) is 0 Å². The number of imide groups is 1. The third-order valence-electron chi connectivity index (χ3n) is 5.93. The number of halogens is 2. The van der Waals surface area contributed by atoms with Crippen LogP contribution in [-0.2, 0) is 22.6 Å². The molecule has 1 saturated heterocycles. The Morgan fingerprint density at radius 2 is 1.68 bits per heavy atom. The van der Waals surface area contributed by atoms with E-state index in [2.05, 4.69) is 0 Å². The number of anilines is 1. The minimum absolute atomic E-state index is 0.00317. The molecule has 0 bridgehead atoms. The molecule has 3 heterocycles. The first-order chi connectivity index (χ1) is 14.9. The number of carbonyl (C=O) groups excluding carboxylic acids is 4. The topological polar surface area (TPSA) is 78.0 Å². The molecule has 3 aliphatic rings. The van der Waals surface area contributed by atoms with Crippen molar-refractivity contribution in [3.8, 4) is 0 Å². The predicted molar refractivity (Wildman–Crippen MR) is 104 cm³/mol. The van der Waals surface area contributed by atoms with Gasteiger partial charge in [-0.3, -0.25) is 19.2 Å². The Morgan fingerprint density at radius 1 is 0.935 bits per heavy atom. The molecule has 2 aromatic carbocycles. The summed E-state index contributed by atoms with van der Waals surface area (Å²) in [7, 11) is 0. The van der Waals surface area contributed by atoms with Gasteiger partial charge in [-0.1, -0.05) is 0 Å². The number of fused-ring (bicyclic) bond motifs is 2. The Kier molecular flexibility index (Phi) is 4.35. The van der Waals surface area contributed by atoms with Crippen molar-refractivity contribution in [1.29, 1.82) is 0 Å². The van der Waals surface area contributed by atoms with Gasteiger partial charge in [0, 0.05) is 36.1 Å². The van der Waals surface area contributed by atoms with Gasteiger partial charge in [0.2, 0.25) is 11.8 Å². The third kappa shape index (κ3) is 2.91. The molecule has 0 aliphatic carbocycles. The molecular formula is C22H17F2N3O4. The summed E-state index contributed by atoms with van der Waals surface area (Å²) in [5, 5.41) is 2.02. The number of hydrogen-bond donors (Lipinski definition) is 0. The van der Waals surface area contributed by atoms with Crippen LogP contribution < -0.4 is 4.90 Å². The maximum absolute atomic E-state index is 14.0. The van der Waals surface area contributed by atoms with E-state index in [0.29, 0.717) is 23.2 Å². The van der Waals surface area contributed by atoms with Crippen LogP contribution in [-0.4, -0.2) is 40.2 Å². The zero-order chi connectivity index (χ0) is 21.9. The molecule has 0 radical (unpaired) electrons. The molecule has 158 valence electrons. The van der Waals surface area contributed by atoms with E-state index in [0.717, 1.165) is 16.1 Å². The van der Waals surface area contributed by atoms with Gasteiger partial charge >= 0.3 is 0 Å². The van der Waals surface area contributed by atoms with Crippen molar-refractivity contribution in [1.82, 2.24) is 10.0 Å². The lowest BCUT2D eigenvalue weighted by atomic mass is 10.1. The largest absolute Gasteiger partial charge is 0.308 e. The van der Waals surface area contributed by atoms with Crippen LogP contribution in [0.2, 0.25) is 0 Å². The molecule has 5 rings (SSSR count). The molecule has 0 saturated carbocycles. The van der Waals surface area contributed by atoms with E-state index in [9.17, 15) is 28.0 Å². The number of hydrazine groups is 1. The molecule has 3 aliphatic heterocycles. The molecule has 0 spiro atoms. The highest BCUT2D eigenvalue weighted by Gasteiger charge is 2.39. The Labute approximate surface area is 175 Å². The van der Waals surface area contributed by atoms with Crippen LogP contribution >= 0.6 is 0 Å². The van der Waals surface area contributed by atoms with Gasteiger partial charge in [-0.15, -0.1) is 0 Å². The van der Waals surface area contributed by atoms with Crippen molar-refractivity contribution in [2.24, 2.45) is 0 Å². The van der Waals surface area contributed by atoms with Gasteiger partial charge in [-0.05, 0) is 48.7 Å². The lowest BCUT2D eigenvalue weighted by molar-refractivity contribution is -0.163.